The predicted octanol–water partition coefficient (Wildman–Crippen LogP) is 0.991. The molecule has 1 N–H and O–H groups in total. The Kier molecular flexibility index (Phi) is 2.10. The van der Waals surface area contributed by atoms with Crippen LogP contribution in [0.1, 0.15) is 5.56 Å². The number of hydrogen-bond donors (Lipinski definition) is 1. The molecule has 70 valence electrons. The van der Waals surface area contributed by atoms with E-state index in [0.717, 1.165) is 17.1 Å². The van der Waals surface area contributed by atoms with Crippen molar-refractivity contribution >= 4 is 0 Å². The molecule has 1 aromatic rings. The molecule has 0 aromatic heterocycles. The SMILES string of the molecule is COc1cccc2c1OC[C@@H](O)C2. The minimum absolute atomic E-state index is 0.355. The average molecular weight is 180 g/mol. The monoisotopic (exact) mass is 180 g/mol. The normalized spacial score (nSPS) is 20.3. The van der Waals surface area contributed by atoms with Crippen molar-refractivity contribution in [3.8, 4) is 11.5 Å². The van der Waals surface area contributed by atoms with Crippen molar-refractivity contribution in [3.63, 3.8) is 0 Å². The fraction of sp³-hybridized carbons (Fsp3) is 0.400. The Balaban J connectivity index is 2.39. The Bertz CT molecular complexity index is 309. The number of aliphatic hydroxyl groups is 1. The van der Waals surface area contributed by atoms with Crippen LogP contribution in [-0.2, 0) is 6.42 Å². The van der Waals surface area contributed by atoms with Gasteiger partial charge in [0.1, 0.15) is 6.61 Å². The van der Waals surface area contributed by atoms with E-state index in [0.29, 0.717) is 13.0 Å². The van der Waals surface area contributed by atoms with Crippen LogP contribution in [0.2, 0.25) is 0 Å². The second-order valence-corrected chi connectivity index (χ2v) is 3.12. The largest absolute Gasteiger partial charge is 0.493 e. The summed E-state index contributed by atoms with van der Waals surface area (Å²) in [6, 6.07) is 5.70. The highest BCUT2D eigenvalue weighted by Crippen LogP contribution is 2.34. The van der Waals surface area contributed by atoms with E-state index in [9.17, 15) is 5.11 Å². The number of para-hydroxylation sites is 1. The third-order valence-electron chi connectivity index (χ3n) is 2.16. The molecule has 0 saturated heterocycles. The van der Waals surface area contributed by atoms with Gasteiger partial charge in [0, 0.05) is 12.0 Å². The van der Waals surface area contributed by atoms with Gasteiger partial charge in [0.25, 0.3) is 0 Å². The summed E-state index contributed by atoms with van der Waals surface area (Å²) >= 11 is 0. The molecule has 0 spiro atoms. The van der Waals surface area contributed by atoms with Crippen LogP contribution in [0.25, 0.3) is 0 Å². The van der Waals surface area contributed by atoms with E-state index in [4.69, 9.17) is 9.47 Å². The van der Waals surface area contributed by atoms with E-state index in [1.54, 1.807) is 7.11 Å². The van der Waals surface area contributed by atoms with Crippen LogP contribution in [0.5, 0.6) is 11.5 Å². The van der Waals surface area contributed by atoms with Gasteiger partial charge in [-0.2, -0.15) is 0 Å². The Morgan fingerprint density at radius 2 is 2.38 bits per heavy atom. The molecular weight excluding hydrogens is 168 g/mol. The minimum atomic E-state index is -0.389. The molecule has 3 heteroatoms. The lowest BCUT2D eigenvalue weighted by molar-refractivity contribution is 0.0899. The summed E-state index contributed by atoms with van der Waals surface area (Å²) in [7, 11) is 1.62. The zero-order valence-electron chi connectivity index (χ0n) is 7.49. The van der Waals surface area contributed by atoms with Crippen LogP contribution >= 0.6 is 0 Å². The number of rotatable bonds is 1. The zero-order chi connectivity index (χ0) is 9.26. The fourth-order valence-corrected chi connectivity index (χ4v) is 1.54. The molecular formula is C10H12O3. The maximum atomic E-state index is 9.35. The molecule has 0 bridgehead atoms. The van der Waals surface area contributed by atoms with Gasteiger partial charge in [0.2, 0.25) is 0 Å². The van der Waals surface area contributed by atoms with Crippen LogP contribution in [0, 0.1) is 0 Å². The molecule has 0 saturated carbocycles. The highest BCUT2D eigenvalue weighted by atomic mass is 16.5. The molecule has 3 nitrogen and oxygen atoms in total. The first kappa shape index (κ1) is 8.38. The number of benzene rings is 1. The first-order valence-corrected chi connectivity index (χ1v) is 4.28. The van der Waals surface area contributed by atoms with Gasteiger partial charge in [-0.3, -0.25) is 0 Å². The highest BCUT2D eigenvalue weighted by molar-refractivity contribution is 5.47. The maximum absolute atomic E-state index is 9.35. The zero-order valence-corrected chi connectivity index (χ0v) is 7.49. The number of ether oxygens (including phenoxy) is 2. The predicted molar refractivity (Wildman–Crippen MR) is 48.2 cm³/mol. The second kappa shape index (κ2) is 3.26. The third kappa shape index (κ3) is 1.47. The van der Waals surface area contributed by atoms with Gasteiger partial charge in [-0.05, 0) is 6.07 Å². The number of hydrogen-bond acceptors (Lipinski definition) is 3. The van der Waals surface area contributed by atoms with Crippen molar-refractivity contribution in [2.45, 2.75) is 12.5 Å². The van der Waals surface area contributed by atoms with Crippen LogP contribution < -0.4 is 9.47 Å². The molecule has 0 amide bonds. The molecule has 2 rings (SSSR count). The molecule has 1 atom stereocenters. The summed E-state index contributed by atoms with van der Waals surface area (Å²) in [5, 5.41) is 9.35. The molecule has 0 aliphatic carbocycles. The molecule has 1 aromatic carbocycles. The van der Waals surface area contributed by atoms with Crippen LogP contribution in [-0.4, -0.2) is 24.9 Å². The molecule has 0 fully saturated rings. The van der Waals surface area contributed by atoms with Crippen LogP contribution in [0.3, 0.4) is 0 Å². The summed E-state index contributed by atoms with van der Waals surface area (Å²) in [4.78, 5) is 0. The number of methoxy groups -OCH3 is 1. The highest BCUT2D eigenvalue weighted by Gasteiger charge is 2.20. The second-order valence-electron chi connectivity index (χ2n) is 3.12. The number of fused-ring (bicyclic) bond motifs is 1. The minimum Gasteiger partial charge on any atom is -0.493 e. The van der Waals surface area contributed by atoms with E-state index < -0.39 is 0 Å². The van der Waals surface area contributed by atoms with Gasteiger partial charge >= 0.3 is 0 Å². The van der Waals surface area contributed by atoms with Gasteiger partial charge in [0.15, 0.2) is 11.5 Å². The number of aliphatic hydroxyl groups excluding tert-OH is 1. The molecule has 0 radical (unpaired) electrons. The first-order valence-electron chi connectivity index (χ1n) is 4.28. The van der Waals surface area contributed by atoms with Crippen molar-refractivity contribution < 1.29 is 14.6 Å². The van der Waals surface area contributed by atoms with Gasteiger partial charge in [0.05, 0.1) is 13.2 Å². The molecule has 13 heavy (non-hydrogen) atoms. The lowest BCUT2D eigenvalue weighted by atomic mass is 10.0. The van der Waals surface area contributed by atoms with E-state index in [1.807, 2.05) is 18.2 Å². The van der Waals surface area contributed by atoms with Gasteiger partial charge in [-0.1, -0.05) is 12.1 Å². The van der Waals surface area contributed by atoms with E-state index >= 15 is 0 Å². The lowest BCUT2D eigenvalue weighted by Gasteiger charge is -2.22. The Morgan fingerprint density at radius 1 is 1.54 bits per heavy atom. The summed E-state index contributed by atoms with van der Waals surface area (Å²) in [6.45, 7) is 0.355. The average Bonchev–Trinajstić information content (AvgIpc) is 2.16. The standard InChI is InChI=1S/C10H12O3/c1-12-9-4-2-3-7-5-8(11)6-13-10(7)9/h2-4,8,11H,5-6H2,1H3/t8-/m0/s1. The van der Waals surface area contributed by atoms with Crippen LogP contribution in [0.4, 0.5) is 0 Å². The van der Waals surface area contributed by atoms with Gasteiger partial charge < -0.3 is 14.6 Å². The fourth-order valence-electron chi connectivity index (χ4n) is 1.54. The van der Waals surface area contributed by atoms with Crippen LogP contribution in [0.15, 0.2) is 18.2 Å². The molecule has 1 aliphatic heterocycles. The third-order valence-corrected chi connectivity index (χ3v) is 2.16. The van der Waals surface area contributed by atoms with E-state index in [2.05, 4.69) is 0 Å². The van der Waals surface area contributed by atoms with Crippen molar-refractivity contribution in [3.05, 3.63) is 23.8 Å². The maximum Gasteiger partial charge on any atom is 0.164 e. The molecule has 1 aliphatic rings. The summed E-state index contributed by atoms with van der Waals surface area (Å²) in [6.07, 6.45) is 0.256. The van der Waals surface area contributed by atoms with Crippen molar-refractivity contribution in [2.75, 3.05) is 13.7 Å². The quantitative estimate of drug-likeness (QED) is 0.700. The van der Waals surface area contributed by atoms with Crippen molar-refractivity contribution in [2.24, 2.45) is 0 Å². The summed E-state index contributed by atoms with van der Waals surface area (Å²) in [5.74, 6) is 1.51. The Labute approximate surface area is 76.9 Å². The summed E-state index contributed by atoms with van der Waals surface area (Å²) in [5.41, 5.74) is 1.01. The Hall–Kier alpha value is -1.22. The smallest absolute Gasteiger partial charge is 0.164 e. The van der Waals surface area contributed by atoms with Crippen molar-refractivity contribution in [1.82, 2.24) is 0 Å². The molecule has 1 heterocycles. The Morgan fingerprint density at radius 3 is 3.15 bits per heavy atom. The summed E-state index contributed by atoms with van der Waals surface area (Å²) < 4.78 is 10.5. The van der Waals surface area contributed by atoms with Gasteiger partial charge in [-0.25, -0.2) is 0 Å². The van der Waals surface area contributed by atoms with E-state index in [-0.39, 0.29) is 6.10 Å². The lowest BCUT2D eigenvalue weighted by Crippen LogP contribution is -2.25. The van der Waals surface area contributed by atoms with Crippen molar-refractivity contribution in [1.29, 1.82) is 0 Å². The van der Waals surface area contributed by atoms with Gasteiger partial charge in [-0.15, -0.1) is 0 Å². The van der Waals surface area contributed by atoms with E-state index in [1.165, 1.54) is 0 Å². The topological polar surface area (TPSA) is 38.7 Å². The first-order chi connectivity index (χ1) is 6.31. The molecule has 0 unspecified atom stereocenters.